The van der Waals surface area contributed by atoms with E-state index in [0.29, 0.717) is 5.92 Å². The van der Waals surface area contributed by atoms with E-state index in [4.69, 9.17) is 9.84 Å². The average molecular weight is 262 g/mol. The first-order valence-electron chi connectivity index (χ1n) is 7.18. The largest absolute Gasteiger partial charge is 0.482 e. The van der Waals surface area contributed by atoms with Gasteiger partial charge in [-0.2, -0.15) is 0 Å². The van der Waals surface area contributed by atoms with Crippen LogP contribution in [0.25, 0.3) is 0 Å². The molecule has 3 nitrogen and oxygen atoms in total. The minimum absolute atomic E-state index is 0.252. The first-order valence-corrected chi connectivity index (χ1v) is 7.18. The number of aryl methyl sites for hydroxylation is 1. The molecule has 0 aliphatic heterocycles. The molecule has 2 rings (SSSR count). The van der Waals surface area contributed by atoms with E-state index in [-0.39, 0.29) is 6.61 Å². The Labute approximate surface area is 114 Å². The van der Waals surface area contributed by atoms with Crippen molar-refractivity contribution >= 4 is 5.97 Å². The smallest absolute Gasteiger partial charge is 0.341 e. The van der Waals surface area contributed by atoms with Crippen molar-refractivity contribution in [3.05, 3.63) is 29.3 Å². The Morgan fingerprint density at radius 2 is 2.16 bits per heavy atom. The third-order valence-corrected chi connectivity index (χ3v) is 3.52. The molecule has 3 heteroatoms. The number of benzene rings is 1. The molecule has 0 atom stereocenters. The van der Waals surface area contributed by atoms with Crippen LogP contribution in [0.5, 0.6) is 5.75 Å². The molecular weight excluding hydrogens is 240 g/mol. The van der Waals surface area contributed by atoms with Gasteiger partial charge in [-0.3, -0.25) is 0 Å². The number of aliphatic carboxylic acids is 1. The number of hydrogen-bond donors (Lipinski definition) is 1. The summed E-state index contributed by atoms with van der Waals surface area (Å²) in [6.07, 6.45) is 7.05. The molecule has 0 unspecified atom stereocenters. The van der Waals surface area contributed by atoms with Gasteiger partial charge in [0.05, 0.1) is 0 Å². The van der Waals surface area contributed by atoms with Gasteiger partial charge in [-0.1, -0.05) is 31.9 Å². The number of carbonyl (C=O) groups is 1. The summed E-state index contributed by atoms with van der Waals surface area (Å²) < 4.78 is 5.45. The van der Waals surface area contributed by atoms with E-state index < -0.39 is 5.97 Å². The molecule has 0 heterocycles. The summed E-state index contributed by atoms with van der Waals surface area (Å²) in [4.78, 5) is 10.6. The van der Waals surface area contributed by atoms with Gasteiger partial charge in [0.2, 0.25) is 0 Å². The predicted octanol–water partition coefficient (Wildman–Crippen LogP) is 3.76. The van der Waals surface area contributed by atoms with Crippen LogP contribution in [0, 0.1) is 0 Å². The number of rotatable bonds is 8. The second-order valence-electron chi connectivity index (χ2n) is 5.29. The van der Waals surface area contributed by atoms with Gasteiger partial charge < -0.3 is 9.84 Å². The zero-order chi connectivity index (χ0) is 13.7. The number of carboxylic acid groups (broad SMARTS) is 1. The predicted molar refractivity (Wildman–Crippen MR) is 74.8 cm³/mol. The summed E-state index contributed by atoms with van der Waals surface area (Å²) in [7, 11) is 0. The molecule has 0 spiro atoms. The molecule has 0 bridgehead atoms. The Kier molecular flexibility index (Phi) is 4.83. The SMILES string of the molecule is CCCCCc1ccc(C2CC2)c(OCC(=O)O)c1. The Morgan fingerprint density at radius 1 is 1.37 bits per heavy atom. The molecule has 1 aromatic carbocycles. The number of ether oxygens (including phenoxy) is 1. The maximum absolute atomic E-state index is 10.6. The standard InChI is InChI=1S/C16H22O3/c1-2-3-4-5-12-6-9-14(13-7-8-13)15(10-12)19-11-16(17)18/h6,9-10,13H,2-5,7-8,11H2,1H3,(H,17,18). The van der Waals surface area contributed by atoms with Crippen molar-refractivity contribution in [1.29, 1.82) is 0 Å². The average Bonchev–Trinajstić information content (AvgIpc) is 3.21. The molecule has 1 aliphatic rings. The Morgan fingerprint density at radius 3 is 2.79 bits per heavy atom. The third-order valence-electron chi connectivity index (χ3n) is 3.52. The number of hydrogen-bond acceptors (Lipinski definition) is 2. The summed E-state index contributed by atoms with van der Waals surface area (Å²) in [6.45, 7) is 1.94. The topological polar surface area (TPSA) is 46.5 Å². The van der Waals surface area contributed by atoms with E-state index in [2.05, 4.69) is 19.1 Å². The van der Waals surface area contributed by atoms with E-state index in [1.54, 1.807) is 0 Å². The van der Waals surface area contributed by atoms with Crippen LogP contribution in [0.4, 0.5) is 0 Å². The minimum Gasteiger partial charge on any atom is -0.482 e. The summed E-state index contributed by atoms with van der Waals surface area (Å²) >= 11 is 0. The molecule has 0 amide bonds. The highest BCUT2D eigenvalue weighted by Crippen LogP contribution is 2.44. The van der Waals surface area contributed by atoms with Crippen molar-refractivity contribution in [1.82, 2.24) is 0 Å². The molecule has 0 saturated heterocycles. The highest BCUT2D eigenvalue weighted by atomic mass is 16.5. The number of unbranched alkanes of at least 4 members (excludes halogenated alkanes) is 2. The molecule has 0 aromatic heterocycles. The summed E-state index contributed by atoms with van der Waals surface area (Å²) in [5, 5.41) is 8.74. The van der Waals surface area contributed by atoms with Crippen molar-refractivity contribution in [3.63, 3.8) is 0 Å². The highest BCUT2D eigenvalue weighted by molar-refractivity contribution is 5.68. The van der Waals surface area contributed by atoms with Crippen LogP contribution in [0.1, 0.15) is 56.1 Å². The van der Waals surface area contributed by atoms with Crippen LogP contribution in [-0.4, -0.2) is 17.7 Å². The van der Waals surface area contributed by atoms with Gasteiger partial charge in [0.25, 0.3) is 0 Å². The maximum Gasteiger partial charge on any atom is 0.341 e. The molecule has 0 radical (unpaired) electrons. The molecule has 19 heavy (non-hydrogen) atoms. The van der Waals surface area contributed by atoms with Crippen LogP contribution in [-0.2, 0) is 11.2 Å². The zero-order valence-corrected chi connectivity index (χ0v) is 11.5. The Hall–Kier alpha value is -1.51. The van der Waals surface area contributed by atoms with Crippen LogP contribution in [0.15, 0.2) is 18.2 Å². The fourth-order valence-electron chi connectivity index (χ4n) is 2.31. The lowest BCUT2D eigenvalue weighted by molar-refractivity contribution is -0.139. The second kappa shape index (κ2) is 6.60. The fourth-order valence-corrected chi connectivity index (χ4v) is 2.31. The van der Waals surface area contributed by atoms with Crippen molar-refractivity contribution in [2.24, 2.45) is 0 Å². The zero-order valence-electron chi connectivity index (χ0n) is 11.5. The minimum atomic E-state index is -0.918. The molecule has 1 N–H and O–H groups in total. The van der Waals surface area contributed by atoms with Gasteiger partial charge in [-0.25, -0.2) is 4.79 Å². The summed E-state index contributed by atoms with van der Waals surface area (Å²) in [5.41, 5.74) is 2.43. The third kappa shape index (κ3) is 4.27. The van der Waals surface area contributed by atoms with Crippen molar-refractivity contribution in [2.45, 2.75) is 51.4 Å². The van der Waals surface area contributed by atoms with Crippen molar-refractivity contribution in [3.8, 4) is 5.75 Å². The molecule has 1 saturated carbocycles. The van der Waals surface area contributed by atoms with Crippen LogP contribution in [0.3, 0.4) is 0 Å². The van der Waals surface area contributed by atoms with Crippen molar-refractivity contribution in [2.75, 3.05) is 6.61 Å². The quantitative estimate of drug-likeness (QED) is 0.725. The van der Waals surface area contributed by atoms with Gasteiger partial charge >= 0.3 is 5.97 Å². The van der Waals surface area contributed by atoms with Crippen LogP contribution < -0.4 is 4.74 Å². The van der Waals surface area contributed by atoms with E-state index in [1.807, 2.05) is 6.07 Å². The summed E-state index contributed by atoms with van der Waals surface area (Å²) in [6, 6.07) is 6.32. The van der Waals surface area contributed by atoms with Gasteiger partial charge in [-0.05, 0) is 48.8 Å². The first kappa shape index (κ1) is 13.9. The Balaban J connectivity index is 2.05. The molecular formula is C16H22O3. The fraction of sp³-hybridized carbons (Fsp3) is 0.562. The lowest BCUT2D eigenvalue weighted by Crippen LogP contribution is -2.10. The second-order valence-corrected chi connectivity index (χ2v) is 5.29. The molecule has 1 fully saturated rings. The molecule has 104 valence electrons. The van der Waals surface area contributed by atoms with Gasteiger partial charge in [0.1, 0.15) is 5.75 Å². The van der Waals surface area contributed by atoms with Crippen LogP contribution >= 0.6 is 0 Å². The number of carboxylic acids is 1. The van der Waals surface area contributed by atoms with E-state index in [0.717, 1.165) is 12.2 Å². The summed E-state index contributed by atoms with van der Waals surface area (Å²) in [5.74, 6) is 0.436. The van der Waals surface area contributed by atoms with Crippen molar-refractivity contribution < 1.29 is 14.6 Å². The van der Waals surface area contributed by atoms with Gasteiger partial charge in [0, 0.05) is 0 Å². The van der Waals surface area contributed by atoms with E-state index in [1.165, 1.54) is 43.2 Å². The van der Waals surface area contributed by atoms with Gasteiger partial charge in [-0.15, -0.1) is 0 Å². The van der Waals surface area contributed by atoms with E-state index in [9.17, 15) is 4.79 Å². The lowest BCUT2D eigenvalue weighted by atomic mass is 10.0. The first-order chi connectivity index (χ1) is 9.20. The normalized spacial score (nSPS) is 14.4. The lowest BCUT2D eigenvalue weighted by Gasteiger charge is -2.11. The van der Waals surface area contributed by atoms with Gasteiger partial charge in [0.15, 0.2) is 6.61 Å². The van der Waals surface area contributed by atoms with Crippen LogP contribution in [0.2, 0.25) is 0 Å². The monoisotopic (exact) mass is 262 g/mol. The molecule has 1 aliphatic carbocycles. The highest BCUT2D eigenvalue weighted by Gasteiger charge is 2.27. The molecule has 1 aromatic rings. The van der Waals surface area contributed by atoms with E-state index >= 15 is 0 Å². The maximum atomic E-state index is 10.6. The Bertz CT molecular complexity index is 436.